The predicted molar refractivity (Wildman–Crippen MR) is 94.7 cm³/mol. The van der Waals surface area contributed by atoms with Gasteiger partial charge in [-0.05, 0) is 50.0 Å². The minimum absolute atomic E-state index is 0.0745. The fraction of sp³-hybridized carbons (Fsp3) is 0.316. The molecule has 1 amide bonds. The molecule has 0 radical (unpaired) electrons. The first kappa shape index (κ1) is 17.8. The van der Waals surface area contributed by atoms with Crippen molar-refractivity contribution in [3.05, 3.63) is 59.7 Å². The number of carbonyl (C=O) groups is 1. The highest BCUT2D eigenvalue weighted by Gasteiger charge is 2.16. The Morgan fingerprint density at radius 3 is 2.29 bits per heavy atom. The van der Waals surface area contributed by atoms with Gasteiger partial charge in [0.05, 0.1) is 20.3 Å². The number of nitrogens with zero attached hydrogens (tertiary/aromatic N) is 1. The average molecular weight is 328 g/mol. The van der Waals surface area contributed by atoms with Gasteiger partial charge in [-0.3, -0.25) is 4.79 Å². The molecule has 1 N–H and O–H groups in total. The van der Waals surface area contributed by atoms with Crippen molar-refractivity contribution >= 4 is 5.91 Å². The van der Waals surface area contributed by atoms with Gasteiger partial charge in [-0.2, -0.15) is 0 Å². The molecule has 24 heavy (non-hydrogen) atoms. The molecule has 0 saturated heterocycles. The Morgan fingerprint density at radius 2 is 1.71 bits per heavy atom. The standard InChI is InChI=1S/C19H24N2O3/c1-21(2)18(14-8-10-16(23-3)11-9-14)13-20-19(22)15-6-5-7-17(12-15)24-4/h5-12,18H,13H2,1-4H3,(H,20,22). The molecule has 0 aromatic heterocycles. The van der Waals surface area contributed by atoms with E-state index in [1.165, 1.54) is 0 Å². The third kappa shape index (κ3) is 4.49. The van der Waals surface area contributed by atoms with Crippen LogP contribution in [0.3, 0.4) is 0 Å². The third-order valence-corrected chi connectivity index (χ3v) is 3.91. The normalized spacial score (nSPS) is 11.9. The van der Waals surface area contributed by atoms with Crippen molar-refractivity contribution in [2.24, 2.45) is 0 Å². The number of carbonyl (C=O) groups excluding carboxylic acids is 1. The van der Waals surface area contributed by atoms with Crippen molar-refractivity contribution in [2.75, 3.05) is 34.9 Å². The molecule has 2 aromatic rings. The molecular formula is C19H24N2O3. The zero-order chi connectivity index (χ0) is 17.5. The van der Waals surface area contributed by atoms with Gasteiger partial charge in [-0.15, -0.1) is 0 Å². The van der Waals surface area contributed by atoms with E-state index in [0.29, 0.717) is 17.9 Å². The first-order valence-corrected chi connectivity index (χ1v) is 7.77. The van der Waals surface area contributed by atoms with Crippen LogP contribution in [0.5, 0.6) is 11.5 Å². The summed E-state index contributed by atoms with van der Waals surface area (Å²) in [4.78, 5) is 14.4. The zero-order valence-electron chi connectivity index (χ0n) is 14.6. The van der Waals surface area contributed by atoms with E-state index >= 15 is 0 Å². The number of ether oxygens (including phenoxy) is 2. The number of methoxy groups -OCH3 is 2. The van der Waals surface area contributed by atoms with Gasteiger partial charge < -0.3 is 19.7 Å². The summed E-state index contributed by atoms with van der Waals surface area (Å²) in [5.41, 5.74) is 1.70. The highest BCUT2D eigenvalue weighted by Crippen LogP contribution is 2.21. The second-order valence-electron chi connectivity index (χ2n) is 5.69. The van der Waals surface area contributed by atoms with Crippen LogP contribution < -0.4 is 14.8 Å². The molecule has 0 spiro atoms. The van der Waals surface area contributed by atoms with Crippen LogP contribution in [0, 0.1) is 0 Å². The molecule has 1 unspecified atom stereocenters. The summed E-state index contributed by atoms with van der Waals surface area (Å²) in [6.07, 6.45) is 0. The maximum atomic E-state index is 12.4. The lowest BCUT2D eigenvalue weighted by Crippen LogP contribution is -2.34. The summed E-state index contributed by atoms with van der Waals surface area (Å²) in [7, 11) is 7.22. The topological polar surface area (TPSA) is 50.8 Å². The first-order chi connectivity index (χ1) is 11.5. The molecule has 0 bridgehead atoms. The lowest BCUT2D eigenvalue weighted by atomic mass is 10.1. The smallest absolute Gasteiger partial charge is 0.251 e. The Balaban J connectivity index is 2.06. The summed E-state index contributed by atoms with van der Waals surface area (Å²) in [6.45, 7) is 0.509. The molecule has 5 heteroatoms. The highest BCUT2D eigenvalue weighted by molar-refractivity contribution is 5.94. The van der Waals surface area contributed by atoms with Crippen LogP contribution in [-0.4, -0.2) is 45.7 Å². The molecule has 2 rings (SSSR count). The fourth-order valence-electron chi connectivity index (χ4n) is 2.48. The number of likely N-dealkylation sites (N-methyl/N-ethyl adjacent to an activating group) is 1. The highest BCUT2D eigenvalue weighted by atomic mass is 16.5. The van der Waals surface area contributed by atoms with Crippen molar-refractivity contribution in [3.63, 3.8) is 0 Å². The minimum Gasteiger partial charge on any atom is -0.497 e. The van der Waals surface area contributed by atoms with Crippen molar-refractivity contribution in [3.8, 4) is 11.5 Å². The Kier molecular flexibility index (Phi) is 6.21. The number of benzene rings is 2. The van der Waals surface area contributed by atoms with Gasteiger partial charge in [0.2, 0.25) is 0 Å². The zero-order valence-corrected chi connectivity index (χ0v) is 14.6. The Hall–Kier alpha value is -2.53. The lowest BCUT2D eigenvalue weighted by molar-refractivity contribution is 0.0941. The Bertz CT molecular complexity index is 669. The largest absolute Gasteiger partial charge is 0.497 e. The SMILES string of the molecule is COc1ccc(C(CNC(=O)c2cccc(OC)c2)N(C)C)cc1. The first-order valence-electron chi connectivity index (χ1n) is 7.77. The maximum Gasteiger partial charge on any atom is 0.251 e. The Morgan fingerprint density at radius 1 is 1.04 bits per heavy atom. The van der Waals surface area contributed by atoms with E-state index in [2.05, 4.69) is 10.2 Å². The van der Waals surface area contributed by atoms with Crippen molar-refractivity contribution in [2.45, 2.75) is 6.04 Å². The van der Waals surface area contributed by atoms with Gasteiger partial charge in [-0.25, -0.2) is 0 Å². The number of amides is 1. The second kappa shape index (κ2) is 8.36. The van der Waals surface area contributed by atoms with E-state index in [0.717, 1.165) is 11.3 Å². The van der Waals surface area contributed by atoms with Gasteiger partial charge in [0.15, 0.2) is 0 Å². The third-order valence-electron chi connectivity index (χ3n) is 3.91. The van der Waals surface area contributed by atoms with Crippen LogP contribution in [0.1, 0.15) is 22.0 Å². The number of hydrogen-bond acceptors (Lipinski definition) is 4. The molecule has 0 aliphatic rings. The van der Waals surface area contributed by atoms with Crippen LogP contribution in [0.2, 0.25) is 0 Å². The summed E-state index contributed by atoms with van der Waals surface area (Å²) in [6, 6.07) is 15.1. The molecule has 0 heterocycles. The average Bonchev–Trinajstić information content (AvgIpc) is 2.62. The van der Waals surface area contributed by atoms with E-state index in [9.17, 15) is 4.79 Å². The molecule has 1 atom stereocenters. The van der Waals surface area contributed by atoms with Gasteiger partial charge in [0.1, 0.15) is 11.5 Å². The van der Waals surface area contributed by atoms with Gasteiger partial charge in [-0.1, -0.05) is 18.2 Å². The van der Waals surface area contributed by atoms with Gasteiger partial charge in [0.25, 0.3) is 5.91 Å². The maximum absolute atomic E-state index is 12.4. The second-order valence-corrected chi connectivity index (χ2v) is 5.69. The molecular weight excluding hydrogens is 304 g/mol. The Labute approximate surface area is 143 Å². The molecule has 0 fully saturated rings. The van der Waals surface area contributed by atoms with Crippen LogP contribution in [-0.2, 0) is 0 Å². The van der Waals surface area contributed by atoms with Crippen molar-refractivity contribution in [1.82, 2.24) is 10.2 Å². The van der Waals surface area contributed by atoms with E-state index in [-0.39, 0.29) is 11.9 Å². The summed E-state index contributed by atoms with van der Waals surface area (Å²) in [5, 5.41) is 2.99. The van der Waals surface area contributed by atoms with Crippen molar-refractivity contribution < 1.29 is 14.3 Å². The van der Waals surface area contributed by atoms with Gasteiger partial charge in [0, 0.05) is 12.1 Å². The molecule has 0 aliphatic heterocycles. The molecule has 0 saturated carbocycles. The molecule has 0 aliphatic carbocycles. The number of rotatable bonds is 7. The van der Waals surface area contributed by atoms with Crippen LogP contribution in [0.25, 0.3) is 0 Å². The summed E-state index contributed by atoms with van der Waals surface area (Å²) in [5.74, 6) is 1.37. The summed E-state index contributed by atoms with van der Waals surface area (Å²) < 4.78 is 10.4. The van der Waals surface area contributed by atoms with Crippen LogP contribution in [0.4, 0.5) is 0 Å². The van der Waals surface area contributed by atoms with Crippen molar-refractivity contribution in [1.29, 1.82) is 0 Å². The molecule has 128 valence electrons. The molecule has 2 aromatic carbocycles. The minimum atomic E-state index is -0.116. The van der Waals surface area contributed by atoms with E-state index in [4.69, 9.17) is 9.47 Å². The van der Waals surface area contributed by atoms with Crippen LogP contribution >= 0.6 is 0 Å². The van der Waals surface area contributed by atoms with Crippen LogP contribution in [0.15, 0.2) is 48.5 Å². The van der Waals surface area contributed by atoms with E-state index in [1.54, 1.807) is 32.4 Å². The quantitative estimate of drug-likeness (QED) is 0.849. The summed E-state index contributed by atoms with van der Waals surface area (Å²) >= 11 is 0. The predicted octanol–water partition coefficient (Wildman–Crippen LogP) is 2.74. The van der Waals surface area contributed by atoms with Gasteiger partial charge >= 0.3 is 0 Å². The number of hydrogen-bond donors (Lipinski definition) is 1. The number of nitrogens with one attached hydrogen (secondary N) is 1. The lowest BCUT2D eigenvalue weighted by Gasteiger charge is -2.25. The van der Waals surface area contributed by atoms with E-state index in [1.807, 2.05) is 44.4 Å². The fourth-order valence-corrected chi connectivity index (χ4v) is 2.48. The monoisotopic (exact) mass is 328 g/mol. The van der Waals surface area contributed by atoms with E-state index < -0.39 is 0 Å². The molecule has 5 nitrogen and oxygen atoms in total.